The molecule has 4 heteroatoms. The Kier molecular flexibility index (Phi) is 3.59. The van der Waals surface area contributed by atoms with E-state index in [9.17, 15) is 13.6 Å². The van der Waals surface area contributed by atoms with Gasteiger partial charge in [-0.05, 0) is 30.2 Å². The van der Waals surface area contributed by atoms with E-state index < -0.39 is 11.6 Å². The quantitative estimate of drug-likeness (QED) is 0.810. The van der Waals surface area contributed by atoms with Gasteiger partial charge in [-0.25, -0.2) is 8.78 Å². The van der Waals surface area contributed by atoms with Crippen molar-refractivity contribution in [2.75, 3.05) is 5.75 Å². The first-order valence-electron chi connectivity index (χ1n) is 5.25. The largest absolute Gasteiger partial charge is 0.298 e. The predicted molar refractivity (Wildman–Crippen MR) is 60.5 cm³/mol. The summed E-state index contributed by atoms with van der Waals surface area (Å²) in [5, 5.41) is 0.00412. The van der Waals surface area contributed by atoms with Gasteiger partial charge >= 0.3 is 0 Å². The van der Waals surface area contributed by atoms with Crippen LogP contribution < -0.4 is 0 Å². The number of carbonyl (C=O) groups excluding carboxylic acids is 1. The van der Waals surface area contributed by atoms with Crippen LogP contribution in [-0.4, -0.2) is 16.8 Å². The average molecular weight is 242 g/mol. The molecule has 1 nitrogen and oxygen atoms in total. The molecule has 1 saturated heterocycles. The molecule has 0 N–H and O–H groups in total. The maximum Gasteiger partial charge on any atom is 0.150 e. The molecule has 1 aliphatic rings. The van der Waals surface area contributed by atoms with Crippen molar-refractivity contribution in [3.8, 4) is 0 Å². The molecule has 1 aromatic carbocycles. The highest BCUT2D eigenvalue weighted by molar-refractivity contribution is 8.00. The molecule has 0 saturated carbocycles. The number of thioether (sulfide) groups is 1. The van der Waals surface area contributed by atoms with E-state index in [-0.39, 0.29) is 17.5 Å². The Morgan fingerprint density at radius 3 is 2.88 bits per heavy atom. The average Bonchev–Trinajstić information content (AvgIpc) is 2.75. The van der Waals surface area contributed by atoms with Crippen molar-refractivity contribution in [1.29, 1.82) is 0 Å². The third-order valence-electron chi connectivity index (χ3n) is 2.67. The van der Waals surface area contributed by atoms with E-state index in [0.717, 1.165) is 24.7 Å². The van der Waals surface area contributed by atoms with Gasteiger partial charge in [0.1, 0.15) is 17.4 Å². The van der Waals surface area contributed by atoms with Crippen LogP contribution in [0.2, 0.25) is 0 Å². The van der Waals surface area contributed by atoms with Crippen molar-refractivity contribution in [3.05, 3.63) is 35.4 Å². The van der Waals surface area contributed by atoms with E-state index >= 15 is 0 Å². The molecule has 1 unspecified atom stereocenters. The molecular weight excluding hydrogens is 230 g/mol. The first kappa shape index (κ1) is 11.6. The van der Waals surface area contributed by atoms with Crippen molar-refractivity contribution in [2.45, 2.75) is 24.5 Å². The fraction of sp³-hybridized carbons (Fsp3) is 0.417. The van der Waals surface area contributed by atoms with Gasteiger partial charge in [-0.15, -0.1) is 0 Å². The summed E-state index contributed by atoms with van der Waals surface area (Å²) in [5.74, 6) is -0.184. The van der Waals surface area contributed by atoms with Gasteiger partial charge in [0.25, 0.3) is 0 Å². The molecule has 1 aliphatic heterocycles. The highest BCUT2D eigenvalue weighted by Crippen LogP contribution is 2.28. The SMILES string of the molecule is O=C(Cc1ccc(F)cc1F)C1CCCS1. The zero-order chi connectivity index (χ0) is 11.5. The fourth-order valence-electron chi connectivity index (χ4n) is 1.80. The molecule has 1 heterocycles. The molecule has 2 rings (SSSR count). The minimum atomic E-state index is -0.628. The van der Waals surface area contributed by atoms with Crippen LogP contribution in [-0.2, 0) is 11.2 Å². The molecule has 0 aliphatic carbocycles. The van der Waals surface area contributed by atoms with Crippen LogP contribution in [0.25, 0.3) is 0 Å². The van der Waals surface area contributed by atoms with Gasteiger partial charge in [0.15, 0.2) is 0 Å². The molecule has 0 bridgehead atoms. The minimum absolute atomic E-state index is 0.00412. The summed E-state index contributed by atoms with van der Waals surface area (Å²) in [4.78, 5) is 11.8. The summed E-state index contributed by atoms with van der Waals surface area (Å²) in [6.07, 6.45) is 2.00. The van der Waals surface area contributed by atoms with Crippen LogP contribution in [0.5, 0.6) is 0 Å². The number of Topliss-reactive ketones (excluding diaryl/α,β-unsaturated/α-hetero) is 1. The summed E-state index contributed by atoms with van der Waals surface area (Å²) in [6.45, 7) is 0. The van der Waals surface area contributed by atoms with Crippen LogP contribution in [0, 0.1) is 11.6 Å². The Morgan fingerprint density at radius 1 is 1.44 bits per heavy atom. The highest BCUT2D eigenvalue weighted by Gasteiger charge is 2.23. The molecule has 0 spiro atoms. The van der Waals surface area contributed by atoms with Gasteiger partial charge in [0.05, 0.1) is 5.25 Å². The minimum Gasteiger partial charge on any atom is -0.298 e. The number of hydrogen-bond donors (Lipinski definition) is 0. The lowest BCUT2D eigenvalue weighted by atomic mass is 10.0. The van der Waals surface area contributed by atoms with Crippen LogP contribution >= 0.6 is 11.8 Å². The van der Waals surface area contributed by atoms with E-state index in [2.05, 4.69) is 0 Å². The van der Waals surface area contributed by atoms with Crippen LogP contribution in [0.3, 0.4) is 0 Å². The van der Waals surface area contributed by atoms with Crippen LogP contribution in [0.1, 0.15) is 18.4 Å². The smallest absolute Gasteiger partial charge is 0.150 e. The van der Waals surface area contributed by atoms with Gasteiger partial charge in [-0.3, -0.25) is 4.79 Å². The first-order valence-corrected chi connectivity index (χ1v) is 6.30. The summed E-state index contributed by atoms with van der Waals surface area (Å²) < 4.78 is 26.0. The molecule has 0 amide bonds. The lowest BCUT2D eigenvalue weighted by Gasteiger charge is -2.07. The molecule has 86 valence electrons. The third kappa shape index (κ3) is 2.61. The topological polar surface area (TPSA) is 17.1 Å². The summed E-state index contributed by atoms with van der Waals surface area (Å²) in [7, 11) is 0. The Labute approximate surface area is 97.2 Å². The highest BCUT2D eigenvalue weighted by atomic mass is 32.2. The second-order valence-electron chi connectivity index (χ2n) is 3.88. The van der Waals surface area contributed by atoms with Gasteiger partial charge in [-0.1, -0.05) is 6.07 Å². The van der Waals surface area contributed by atoms with E-state index in [1.54, 1.807) is 11.8 Å². The van der Waals surface area contributed by atoms with Gasteiger partial charge < -0.3 is 0 Å². The Hall–Kier alpha value is -0.900. The number of rotatable bonds is 3. The summed E-state index contributed by atoms with van der Waals surface area (Å²) in [5.41, 5.74) is 0.291. The van der Waals surface area contributed by atoms with Gasteiger partial charge in [0.2, 0.25) is 0 Å². The molecule has 1 fully saturated rings. The molecule has 0 radical (unpaired) electrons. The van der Waals surface area contributed by atoms with Gasteiger partial charge in [0, 0.05) is 12.5 Å². The maximum atomic E-state index is 13.3. The van der Waals surface area contributed by atoms with E-state index in [1.165, 1.54) is 12.1 Å². The lowest BCUT2D eigenvalue weighted by molar-refractivity contribution is -0.118. The Morgan fingerprint density at radius 2 is 2.25 bits per heavy atom. The van der Waals surface area contributed by atoms with Gasteiger partial charge in [-0.2, -0.15) is 11.8 Å². The number of halogens is 2. The van der Waals surface area contributed by atoms with Crippen molar-refractivity contribution in [1.82, 2.24) is 0 Å². The summed E-state index contributed by atoms with van der Waals surface area (Å²) in [6, 6.07) is 3.36. The maximum absolute atomic E-state index is 13.3. The standard InChI is InChI=1S/C12H12F2OS/c13-9-4-3-8(10(14)7-9)6-11(15)12-2-1-5-16-12/h3-4,7,12H,1-2,5-6H2. The molecular formula is C12H12F2OS. The second-order valence-corrected chi connectivity index (χ2v) is 5.19. The van der Waals surface area contributed by atoms with Crippen molar-refractivity contribution < 1.29 is 13.6 Å². The van der Waals surface area contributed by atoms with Crippen molar-refractivity contribution in [2.24, 2.45) is 0 Å². The molecule has 0 aromatic heterocycles. The normalized spacial score (nSPS) is 20.0. The van der Waals surface area contributed by atoms with E-state index in [0.29, 0.717) is 5.56 Å². The Balaban J connectivity index is 2.05. The molecule has 1 aromatic rings. The number of hydrogen-bond acceptors (Lipinski definition) is 2. The van der Waals surface area contributed by atoms with E-state index in [4.69, 9.17) is 0 Å². The fourth-order valence-corrected chi connectivity index (χ4v) is 3.02. The zero-order valence-corrected chi connectivity index (χ0v) is 9.53. The molecule has 1 atom stereocenters. The molecule has 16 heavy (non-hydrogen) atoms. The number of ketones is 1. The van der Waals surface area contributed by atoms with Crippen LogP contribution in [0.4, 0.5) is 8.78 Å². The van der Waals surface area contributed by atoms with Crippen molar-refractivity contribution in [3.63, 3.8) is 0 Å². The second kappa shape index (κ2) is 4.95. The zero-order valence-electron chi connectivity index (χ0n) is 8.71. The van der Waals surface area contributed by atoms with Crippen molar-refractivity contribution >= 4 is 17.5 Å². The van der Waals surface area contributed by atoms with Crippen LogP contribution in [0.15, 0.2) is 18.2 Å². The first-order chi connectivity index (χ1) is 7.66. The van der Waals surface area contributed by atoms with E-state index in [1.807, 2.05) is 0 Å². The number of carbonyl (C=O) groups is 1. The lowest BCUT2D eigenvalue weighted by Crippen LogP contribution is -2.17. The summed E-state index contributed by atoms with van der Waals surface area (Å²) >= 11 is 1.63. The Bertz CT molecular complexity index is 400. The number of benzene rings is 1. The third-order valence-corrected chi connectivity index (χ3v) is 4.09. The monoisotopic (exact) mass is 242 g/mol. The predicted octanol–water partition coefficient (Wildman–Crippen LogP) is 2.97.